The molecule has 1 heterocycles. The standard InChI is InChI=1S/C10H18N2O4/c1-7(10(14)15-2)12-9(13)5-8-6-16-4-3-11-8/h7-8,11H,3-6H2,1-2H3,(H,12,13). The average molecular weight is 230 g/mol. The first-order valence-corrected chi connectivity index (χ1v) is 5.31. The zero-order valence-electron chi connectivity index (χ0n) is 9.62. The van der Waals surface area contributed by atoms with Crippen molar-refractivity contribution in [3.8, 4) is 0 Å². The van der Waals surface area contributed by atoms with Crippen LogP contribution in [-0.4, -0.2) is 50.8 Å². The Kier molecular flexibility index (Phi) is 5.21. The van der Waals surface area contributed by atoms with Crippen molar-refractivity contribution in [3.05, 3.63) is 0 Å². The lowest BCUT2D eigenvalue weighted by atomic mass is 10.2. The molecule has 2 N–H and O–H groups in total. The molecule has 0 aromatic heterocycles. The van der Waals surface area contributed by atoms with E-state index in [0.717, 1.165) is 6.54 Å². The topological polar surface area (TPSA) is 76.7 Å². The molecule has 2 atom stereocenters. The van der Waals surface area contributed by atoms with Crippen LogP contribution in [0.15, 0.2) is 0 Å². The Morgan fingerprint density at radius 1 is 1.62 bits per heavy atom. The lowest BCUT2D eigenvalue weighted by Crippen LogP contribution is -2.46. The number of amides is 1. The predicted molar refractivity (Wildman–Crippen MR) is 56.8 cm³/mol. The third-order valence-electron chi connectivity index (χ3n) is 2.36. The highest BCUT2D eigenvalue weighted by molar-refractivity contribution is 5.84. The van der Waals surface area contributed by atoms with Gasteiger partial charge in [-0.15, -0.1) is 0 Å². The van der Waals surface area contributed by atoms with Gasteiger partial charge in [-0.05, 0) is 6.92 Å². The summed E-state index contributed by atoms with van der Waals surface area (Å²) in [5.41, 5.74) is 0. The normalized spacial score (nSPS) is 22.2. The van der Waals surface area contributed by atoms with Crippen LogP contribution in [0.2, 0.25) is 0 Å². The van der Waals surface area contributed by atoms with Crippen molar-refractivity contribution in [1.82, 2.24) is 10.6 Å². The highest BCUT2D eigenvalue weighted by atomic mass is 16.5. The van der Waals surface area contributed by atoms with Gasteiger partial charge in [0.25, 0.3) is 0 Å². The maximum Gasteiger partial charge on any atom is 0.328 e. The van der Waals surface area contributed by atoms with Gasteiger partial charge in [-0.3, -0.25) is 4.79 Å². The maximum absolute atomic E-state index is 11.5. The van der Waals surface area contributed by atoms with Crippen LogP contribution in [0.5, 0.6) is 0 Å². The van der Waals surface area contributed by atoms with Gasteiger partial charge in [0.1, 0.15) is 6.04 Å². The lowest BCUT2D eigenvalue weighted by Gasteiger charge is -2.23. The monoisotopic (exact) mass is 230 g/mol. The summed E-state index contributed by atoms with van der Waals surface area (Å²) in [7, 11) is 1.29. The van der Waals surface area contributed by atoms with Crippen LogP contribution in [0.3, 0.4) is 0 Å². The second-order valence-corrected chi connectivity index (χ2v) is 3.74. The van der Waals surface area contributed by atoms with Gasteiger partial charge in [-0.2, -0.15) is 0 Å². The number of carbonyl (C=O) groups is 2. The Morgan fingerprint density at radius 2 is 2.38 bits per heavy atom. The van der Waals surface area contributed by atoms with E-state index in [1.165, 1.54) is 7.11 Å². The molecule has 6 nitrogen and oxygen atoms in total. The van der Waals surface area contributed by atoms with Gasteiger partial charge in [0.05, 0.1) is 20.3 Å². The summed E-state index contributed by atoms with van der Waals surface area (Å²) in [4.78, 5) is 22.6. The molecular weight excluding hydrogens is 212 g/mol. The summed E-state index contributed by atoms with van der Waals surface area (Å²) in [6, 6.07) is -0.583. The number of carbonyl (C=O) groups excluding carboxylic acids is 2. The van der Waals surface area contributed by atoms with E-state index in [9.17, 15) is 9.59 Å². The summed E-state index contributed by atoms with van der Waals surface area (Å²) in [6.07, 6.45) is 0.307. The van der Waals surface area contributed by atoms with Crippen molar-refractivity contribution < 1.29 is 19.1 Å². The molecule has 0 radical (unpaired) electrons. The van der Waals surface area contributed by atoms with Crippen molar-refractivity contribution in [2.75, 3.05) is 26.9 Å². The van der Waals surface area contributed by atoms with Gasteiger partial charge >= 0.3 is 5.97 Å². The van der Waals surface area contributed by atoms with Crippen molar-refractivity contribution >= 4 is 11.9 Å². The molecule has 1 rings (SSSR count). The molecule has 0 bridgehead atoms. The predicted octanol–water partition coefficient (Wildman–Crippen LogP) is -0.957. The van der Waals surface area contributed by atoms with E-state index >= 15 is 0 Å². The van der Waals surface area contributed by atoms with Crippen LogP contribution in [-0.2, 0) is 19.1 Å². The molecule has 0 aromatic carbocycles. The Morgan fingerprint density at radius 3 is 2.94 bits per heavy atom. The highest BCUT2D eigenvalue weighted by Crippen LogP contribution is 1.99. The van der Waals surface area contributed by atoms with Gasteiger partial charge < -0.3 is 20.1 Å². The van der Waals surface area contributed by atoms with Crippen LogP contribution < -0.4 is 10.6 Å². The molecule has 92 valence electrons. The van der Waals surface area contributed by atoms with Crippen LogP contribution >= 0.6 is 0 Å². The van der Waals surface area contributed by atoms with Gasteiger partial charge in [0, 0.05) is 19.0 Å². The first kappa shape index (κ1) is 12.9. The number of hydrogen-bond acceptors (Lipinski definition) is 5. The van der Waals surface area contributed by atoms with Crippen LogP contribution in [0, 0.1) is 0 Å². The van der Waals surface area contributed by atoms with E-state index in [4.69, 9.17) is 4.74 Å². The van der Waals surface area contributed by atoms with Gasteiger partial charge in [0.2, 0.25) is 5.91 Å². The molecular formula is C10H18N2O4. The quantitative estimate of drug-likeness (QED) is 0.608. The van der Waals surface area contributed by atoms with E-state index in [1.807, 2.05) is 0 Å². The summed E-state index contributed by atoms with van der Waals surface area (Å²) < 4.78 is 9.73. The van der Waals surface area contributed by atoms with Crippen molar-refractivity contribution in [2.45, 2.75) is 25.4 Å². The molecule has 0 saturated carbocycles. The molecule has 0 aromatic rings. The van der Waals surface area contributed by atoms with E-state index in [1.54, 1.807) is 6.92 Å². The number of hydrogen-bond donors (Lipinski definition) is 2. The molecule has 1 fully saturated rings. The third kappa shape index (κ3) is 4.16. The molecule has 1 saturated heterocycles. The second-order valence-electron chi connectivity index (χ2n) is 3.74. The number of esters is 1. The van der Waals surface area contributed by atoms with E-state index in [2.05, 4.69) is 15.4 Å². The van der Waals surface area contributed by atoms with Crippen molar-refractivity contribution in [2.24, 2.45) is 0 Å². The summed E-state index contributed by atoms with van der Waals surface area (Å²) in [6.45, 7) is 3.55. The van der Waals surface area contributed by atoms with Gasteiger partial charge in [0.15, 0.2) is 0 Å². The Labute approximate surface area is 94.7 Å². The number of methoxy groups -OCH3 is 1. The van der Waals surface area contributed by atoms with Crippen LogP contribution in [0.25, 0.3) is 0 Å². The molecule has 0 aliphatic carbocycles. The highest BCUT2D eigenvalue weighted by Gasteiger charge is 2.20. The first-order chi connectivity index (χ1) is 7.63. The van der Waals surface area contributed by atoms with Crippen LogP contribution in [0.4, 0.5) is 0 Å². The number of nitrogens with one attached hydrogen (secondary N) is 2. The van der Waals surface area contributed by atoms with E-state index in [0.29, 0.717) is 19.6 Å². The fourth-order valence-corrected chi connectivity index (χ4v) is 1.51. The summed E-state index contributed by atoms with van der Waals surface area (Å²) >= 11 is 0. The van der Waals surface area contributed by atoms with E-state index in [-0.39, 0.29) is 11.9 Å². The Bertz CT molecular complexity index is 251. The van der Waals surface area contributed by atoms with E-state index < -0.39 is 12.0 Å². The first-order valence-electron chi connectivity index (χ1n) is 5.31. The minimum absolute atomic E-state index is 0.0265. The second kappa shape index (κ2) is 6.44. The number of ether oxygens (including phenoxy) is 2. The summed E-state index contributed by atoms with van der Waals surface area (Å²) in [5.74, 6) is -0.623. The number of rotatable bonds is 4. The average Bonchev–Trinajstić information content (AvgIpc) is 2.29. The Hall–Kier alpha value is -1.14. The van der Waals surface area contributed by atoms with Gasteiger partial charge in [-0.1, -0.05) is 0 Å². The zero-order chi connectivity index (χ0) is 12.0. The smallest absolute Gasteiger partial charge is 0.328 e. The molecule has 0 spiro atoms. The minimum atomic E-state index is -0.609. The molecule has 1 aliphatic heterocycles. The van der Waals surface area contributed by atoms with Crippen LogP contribution in [0.1, 0.15) is 13.3 Å². The zero-order valence-corrected chi connectivity index (χ0v) is 9.62. The Balaban J connectivity index is 2.26. The maximum atomic E-state index is 11.5. The lowest BCUT2D eigenvalue weighted by molar-refractivity contribution is -0.144. The molecule has 6 heteroatoms. The third-order valence-corrected chi connectivity index (χ3v) is 2.36. The van der Waals surface area contributed by atoms with Gasteiger partial charge in [-0.25, -0.2) is 4.79 Å². The summed E-state index contributed by atoms with van der Waals surface area (Å²) in [5, 5.41) is 5.73. The fourth-order valence-electron chi connectivity index (χ4n) is 1.51. The largest absolute Gasteiger partial charge is 0.467 e. The van der Waals surface area contributed by atoms with Crippen molar-refractivity contribution in [1.29, 1.82) is 0 Å². The molecule has 1 aliphatic rings. The van der Waals surface area contributed by atoms with Crippen molar-refractivity contribution in [3.63, 3.8) is 0 Å². The molecule has 1 amide bonds. The SMILES string of the molecule is COC(=O)C(C)NC(=O)CC1COCCN1. The number of morpholine rings is 1. The molecule has 16 heavy (non-hydrogen) atoms. The minimum Gasteiger partial charge on any atom is -0.467 e. The molecule has 2 unspecified atom stereocenters. The fraction of sp³-hybridized carbons (Fsp3) is 0.800.